The molecular formula is C16H20N4O2. The van der Waals surface area contributed by atoms with Gasteiger partial charge in [-0.1, -0.05) is 24.3 Å². The molecule has 116 valence electrons. The third-order valence-corrected chi connectivity index (χ3v) is 4.46. The lowest BCUT2D eigenvalue weighted by Crippen LogP contribution is -2.43. The van der Waals surface area contributed by atoms with Crippen LogP contribution in [0.1, 0.15) is 33.1 Å². The molecule has 0 radical (unpaired) electrons. The van der Waals surface area contributed by atoms with Gasteiger partial charge < -0.3 is 4.90 Å². The Morgan fingerprint density at radius 2 is 2.09 bits per heavy atom. The van der Waals surface area contributed by atoms with E-state index in [-0.39, 0.29) is 30.1 Å². The van der Waals surface area contributed by atoms with Gasteiger partial charge in [-0.3, -0.25) is 9.59 Å². The molecule has 0 aliphatic carbocycles. The molecule has 0 spiro atoms. The minimum Gasteiger partial charge on any atom is -0.335 e. The Bertz CT molecular complexity index is 755. The van der Waals surface area contributed by atoms with E-state index in [1.165, 1.54) is 4.68 Å². The van der Waals surface area contributed by atoms with Crippen LogP contribution in [0.15, 0.2) is 29.1 Å². The Kier molecular flexibility index (Phi) is 3.92. The zero-order valence-electron chi connectivity index (χ0n) is 12.9. The second-order valence-electron chi connectivity index (χ2n) is 5.86. The predicted octanol–water partition coefficient (Wildman–Crippen LogP) is 1.58. The van der Waals surface area contributed by atoms with Crippen LogP contribution >= 0.6 is 0 Å². The fourth-order valence-corrected chi connectivity index (χ4v) is 3.26. The van der Waals surface area contributed by atoms with E-state index in [0.717, 1.165) is 19.3 Å². The monoisotopic (exact) mass is 300 g/mol. The number of nitrogens with zero attached hydrogens (tertiary/aromatic N) is 4. The van der Waals surface area contributed by atoms with E-state index in [0.29, 0.717) is 10.9 Å². The summed E-state index contributed by atoms with van der Waals surface area (Å²) in [6.45, 7) is 4.10. The van der Waals surface area contributed by atoms with Crippen LogP contribution in [0.5, 0.6) is 0 Å². The molecule has 0 N–H and O–H groups in total. The number of benzene rings is 1. The maximum atomic E-state index is 12.6. The van der Waals surface area contributed by atoms with Gasteiger partial charge in [-0.05, 0) is 38.3 Å². The van der Waals surface area contributed by atoms with Crippen molar-refractivity contribution in [3.63, 3.8) is 0 Å². The van der Waals surface area contributed by atoms with Crippen molar-refractivity contribution in [2.45, 2.75) is 51.7 Å². The van der Waals surface area contributed by atoms with Gasteiger partial charge in [0.25, 0.3) is 5.56 Å². The quantitative estimate of drug-likeness (QED) is 0.863. The van der Waals surface area contributed by atoms with Gasteiger partial charge in [0.2, 0.25) is 5.91 Å². The molecule has 1 aromatic carbocycles. The molecule has 1 saturated heterocycles. The first kappa shape index (κ1) is 14.7. The first-order valence-corrected chi connectivity index (χ1v) is 7.75. The lowest BCUT2D eigenvalue weighted by Gasteiger charge is -2.28. The second-order valence-corrected chi connectivity index (χ2v) is 5.86. The fraction of sp³-hybridized carbons (Fsp3) is 0.500. The van der Waals surface area contributed by atoms with E-state index < -0.39 is 0 Å². The van der Waals surface area contributed by atoms with Crippen LogP contribution in [0.25, 0.3) is 10.9 Å². The smallest absolute Gasteiger partial charge is 0.278 e. The Labute approximate surface area is 128 Å². The van der Waals surface area contributed by atoms with Crippen LogP contribution < -0.4 is 5.56 Å². The number of amides is 1. The van der Waals surface area contributed by atoms with Gasteiger partial charge in [0.05, 0.1) is 5.39 Å². The lowest BCUT2D eigenvalue weighted by atomic mass is 10.1. The first-order chi connectivity index (χ1) is 10.6. The number of hydrogen-bond donors (Lipinski definition) is 0. The van der Waals surface area contributed by atoms with Crippen LogP contribution in [0.2, 0.25) is 0 Å². The summed E-state index contributed by atoms with van der Waals surface area (Å²) in [5.74, 6) is -0.0523. The van der Waals surface area contributed by atoms with Gasteiger partial charge >= 0.3 is 0 Å². The Hall–Kier alpha value is -2.24. The lowest BCUT2D eigenvalue weighted by molar-refractivity contribution is -0.134. The summed E-state index contributed by atoms with van der Waals surface area (Å²) >= 11 is 0. The molecule has 6 heteroatoms. The predicted molar refractivity (Wildman–Crippen MR) is 83.4 cm³/mol. The third kappa shape index (κ3) is 2.49. The minimum absolute atomic E-state index is 0.0441. The SMILES string of the molecule is CC[C@H]1CC[C@@H](C)N1C(=O)Cn1nnc2ccccc2c1=O. The largest absolute Gasteiger partial charge is 0.335 e. The number of fused-ring (bicyclic) bond motifs is 1. The van der Waals surface area contributed by atoms with Crippen molar-refractivity contribution in [3.05, 3.63) is 34.6 Å². The molecule has 0 bridgehead atoms. The van der Waals surface area contributed by atoms with E-state index in [2.05, 4.69) is 24.2 Å². The summed E-state index contributed by atoms with van der Waals surface area (Å²) in [5.41, 5.74) is 0.288. The first-order valence-electron chi connectivity index (χ1n) is 7.75. The van der Waals surface area contributed by atoms with Crippen LogP contribution in [-0.4, -0.2) is 37.9 Å². The summed E-state index contributed by atoms with van der Waals surface area (Å²) in [5, 5.41) is 8.41. The molecule has 1 aliphatic heterocycles. The summed E-state index contributed by atoms with van der Waals surface area (Å²) in [7, 11) is 0. The number of hydrogen-bond acceptors (Lipinski definition) is 4. The average Bonchev–Trinajstić information content (AvgIpc) is 2.91. The Balaban J connectivity index is 1.88. The van der Waals surface area contributed by atoms with Gasteiger partial charge in [-0.2, -0.15) is 0 Å². The van der Waals surface area contributed by atoms with E-state index in [1.807, 2.05) is 11.0 Å². The summed E-state index contributed by atoms with van der Waals surface area (Å²) in [4.78, 5) is 26.9. The van der Waals surface area contributed by atoms with E-state index in [1.54, 1.807) is 18.2 Å². The van der Waals surface area contributed by atoms with Gasteiger partial charge in [0, 0.05) is 12.1 Å². The summed E-state index contributed by atoms with van der Waals surface area (Å²) < 4.78 is 1.17. The molecule has 0 unspecified atom stereocenters. The van der Waals surface area contributed by atoms with Crippen molar-refractivity contribution < 1.29 is 4.79 Å². The molecule has 1 amide bonds. The van der Waals surface area contributed by atoms with E-state index in [9.17, 15) is 9.59 Å². The highest BCUT2D eigenvalue weighted by Crippen LogP contribution is 2.26. The molecule has 1 fully saturated rings. The molecule has 2 atom stereocenters. The third-order valence-electron chi connectivity index (χ3n) is 4.46. The fourth-order valence-electron chi connectivity index (χ4n) is 3.26. The van der Waals surface area contributed by atoms with Crippen LogP contribution in [0.4, 0.5) is 0 Å². The summed E-state index contributed by atoms with van der Waals surface area (Å²) in [6, 6.07) is 7.54. The van der Waals surface area contributed by atoms with Crippen molar-refractivity contribution in [1.82, 2.24) is 19.9 Å². The molecule has 2 aromatic rings. The number of carbonyl (C=O) groups is 1. The van der Waals surface area contributed by atoms with Gasteiger partial charge in [-0.25, -0.2) is 4.68 Å². The number of rotatable bonds is 3. The van der Waals surface area contributed by atoms with Crippen LogP contribution in [0, 0.1) is 0 Å². The normalized spacial score (nSPS) is 21.5. The van der Waals surface area contributed by atoms with Gasteiger partial charge in [-0.15, -0.1) is 5.10 Å². The maximum Gasteiger partial charge on any atom is 0.278 e. The molecule has 22 heavy (non-hydrogen) atoms. The molecule has 3 rings (SSSR count). The number of aromatic nitrogens is 3. The zero-order chi connectivity index (χ0) is 15.7. The molecule has 6 nitrogen and oxygen atoms in total. The van der Waals surface area contributed by atoms with Gasteiger partial charge in [0.15, 0.2) is 0 Å². The molecule has 0 saturated carbocycles. The minimum atomic E-state index is -0.265. The van der Waals surface area contributed by atoms with Crippen molar-refractivity contribution in [1.29, 1.82) is 0 Å². The van der Waals surface area contributed by atoms with Crippen molar-refractivity contribution in [2.75, 3.05) is 0 Å². The molecule has 1 aliphatic rings. The zero-order valence-corrected chi connectivity index (χ0v) is 12.9. The van der Waals surface area contributed by atoms with E-state index >= 15 is 0 Å². The highest BCUT2D eigenvalue weighted by atomic mass is 16.2. The maximum absolute atomic E-state index is 12.6. The molecular weight excluding hydrogens is 280 g/mol. The second kappa shape index (κ2) is 5.87. The topological polar surface area (TPSA) is 68.1 Å². The van der Waals surface area contributed by atoms with Crippen molar-refractivity contribution in [3.8, 4) is 0 Å². The Morgan fingerprint density at radius 1 is 1.32 bits per heavy atom. The number of likely N-dealkylation sites (tertiary alicyclic amines) is 1. The highest BCUT2D eigenvalue weighted by Gasteiger charge is 2.33. The highest BCUT2D eigenvalue weighted by molar-refractivity contribution is 5.79. The van der Waals surface area contributed by atoms with Crippen molar-refractivity contribution in [2.24, 2.45) is 0 Å². The van der Waals surface area contributed by atoms with Gasteiger partial charge in [0.1, 0.15) is 12.1 Å². The number of carbonyl (C=O) groups excluding carboxylic acids is 1. The summed E-state index contributed by atoms with van der Waals surface area (Å²) in [6.07, 6.45) is 2.98. The van der Waals surface area contributed by atoms with Crippen LogP contribution in [-0.2, 0) is 11.3 Å². The van der Waals surface area contributed by atoms with Crippen molar-refractivity contribution >= 4 is 16.8 Å². The standard InChI is InChI=1S/C16H20N4O2/c1-3-12-9-8-11(2)20(12)15(21)10-19-16(22)13-6-4-5-7-14(13)17-18-19/h4-7,11-12H,3,8-10H2,1-2H3/t11-,12+/m1/s1. The Morgan fingerprint density at radius 3 is 2.86 bits per heavy atom. The van der Waals surface area contributed by atoms with Crippen LogP contribution in [0.3, 0.4) is 0 Å². The average molecular weight is 300 g/mol. The van der Waals surface area contributed by atoms with E-state index in [4.69, 9.17) is 0 Å². The molecule has 2 heterocycles. The molecule has 1 aromatic heterocycles.